The van der Waals surface area contributed by atoms with Gasteiger partial charge in [0.05, 0.1) is 12.0 Å². The fraction of sp³-hybridized carbons (Fsp3) is 0.250. The van der Waals surface area contributed by atoms with E-state index in [1.54, 1.807) is 0 Å². The molecule has 0 saturated carbocycles. The summed E-state index contributed by atoms with van der Waals surface area (Å²) < 4.78 is 4.33. The zero-order valence-electron chi connectivity index (χ0n) is 6.69. The van der Waals surface area contributed by atoms with Crippen LogP contribution in [0, 0.1) is 0 Å². The molecule has 0 radical (unpaired) electrons. The first-order valence-corrected chi connectivity index (χ1v) is 4.35. The van der Waals surface area contributed by atoms with Gasteiger partial charge in [0.25, 0.3) is 0 Å². The summed E-state index contributed by atoms with van der Waals surface area (Å²) in [5.74, 6) is 0. The van der Waals surface area contributed by atoms with Crippen LogP contribution in [0.1, 0.15) is 12.5 Å². The Morgan fingerprint density at radius 3 is 2.83 bits per heavy atom. The summed E-state index contributed by atoms with van der Waals surface area (Å²) in [6.45, 7) is 2.05. The van der Waals surface area contributed by atoms with Crippen LogP contribution in [0.3, 0.4) is 0 Å². The Morgan fingerprint density at radius 1 is 1.42 bits per heavy atom. The quantitative estimate of drug-likeness (QED) is 0.445. The van der Waals surface area contributed by atoms with Crippen LogP contribution < -0.4 is 0 Å². The van der Waals surface area contributed by atoms with Gasteiger partial charge in [0, 0.05) is 4.90 Å². The van der Waals surface area contributed by atoms with Crippen LogP contribution in [0.15, 0.2) is 29.2 Å². The van der Waals surface area contributed by atoms with Crippen LogP contribution in [0.5, 0.6) is 0 Å². The molecule has 1 aromatic rings. The second kappa shape index (κ2) is 5.16. The Kier molecular flexibility index (Phi) is 4.10. The summed E-state index contributed by atoms with van der Waals surface area (Å²) in [6, 6.07) is 7.77. The SMILES string of the molecule is CCc1ccccc1SOOO. The van der Waals surface area contributed by atoms with E-state index in [1.807, 2.05) is 24.3 Å². The average Bonchev–Trinajstić information content (AvgIpc) is 2.15. The highest BCUT2D eigenvalue weighted by molar-refractivity contribution is 7.94. The molecular formula is C8H10O3S. The van der Waals surface area contributed by atoms with Crippen molar-refractivity contribution in [2.45, 2.75) is 18.2 Å². The maximum atomic E-state index is 7.95. The van der Waals surface area contributed by atoms with E-state index in [0.717, 1.165) is 23.4 Å². The van der Waals surface area contributed by atoms with Gasteiger partial charge in [-0.1, -0.05) is 30.2 Å². The Balaban J connectivity index is 2.68. The predicted octanol–water partition coefficient (Wildman–Crippen LogP) is 2.68. The number of rotatable bonds is 4. The standard InChI is InChI=1S/C8H10O3S/c1-2-7-5-3-4-6-8(7)12-11-10-9/h3-6,9H,2H2,1H3. The van der Waals surface area contributed by atoms with Crippen LogP contribution in [0.2, 0.25) is 0 Å². The molecule has 0 heterocycles. The lowest BCUT2D eigenvalue weighted by atomic mass is 10.2. The maximum absolute atomic E-state index is 7.95. The zero-order valence-corrected chi connectivity index (χ0v) is 7.50. The third-order valence-corrected chi connectivity index (χ3v) is 2.21. The summed E-state index contributed by atoms with van der Waals surface area (Å²) in [7, 11) is 0. The second-order valence-electron chi connectivity index (χ2n) is 2.19. The molecule has 0 aliphatic rings. The van der Waals surface area contributed by atoms with Crippen molar-refractivity contribution in [3.8, 4) is 0 Å². The topological polar surface area (TPSA) is 38.7 Å². The minimum absolute atomic E-state index is 0.929. The largest absolute Gasteiger partial charge is 0.220 e. The van der Waals surface area contributed by atoms with E-state index in [9.17, 15) is 0 Å². The highest BCUT2D eigenvalue weighted by Crippen LogP contribution is 2.23. The molecule has 0 atom stereocenters. The highest BCUT2D eigenvalue weighted by Gasteiger charge is 2.00. The Labute approximate surface area is 75.4 Å². The molecule has 1 aromatic carbocycles. The van der Waals surface area contributed by atoms with Crippen molar-refractivity contribution < 1.29 is 14.6 Å². The molecule has 0 saturated heterocycles. The molecule has 0 aromatic heterocycles. The third-order valence-electron chi connectivity index (χ3n) is 1.51. The van der Waals surface area contributed by atoms with E-state index in [-0.39, 0.29) is 0 Å². The first-order chi connectivity index (χ1) is 5.88. The summed E-state index contributed by atoms with van der Waals surface area (Å²) in [5, 5.41) is 11.5. The summed E-state index contributed by atoms with van der Waals surface area (Å²) in [4.78, 5) is 0.953. The van der Waals surface area contributed by atoms with Gasteiger partial charge in [-0.3, -0.25) is 0 Å². The Morgan fingerprint density at radius 2 is 2.17 bits per heavy atom. The average molecular weight is 186 g/mol. The monoisotopic (exact) mass is 186 g/mol. The number of hydrogen-bond donors (Lipinski definition) is 1. The molecular weight excluding hydrogens is 176 g/mol. The minimum atomic E-state index is 0.929. The van der Waals surface area contributed by atoms with Crippen molar-refractivity contribution in [2.24, 2.45) is 0 Å². The molecule has 66 valence electrons. The molecule has 0 bridgehead atoms. The van der Waals surface area contributed by atoms with Gasteiger partial charge in [-0.25, -0.2) is 5.26 Å². The fourth-order valence-electron chi connectivity index (χ4n) is 0.929. The van der Waals surface area contributed by atoms with Crippen LogP contribution in [-0.4, -0.2) is 5.26 Å². The van der Waals surface area contributed by atoms with Gasteiger partial charge in [0.2, 0.25) is 0 Å². The summed E-state index contributed by atoms with van der Waals surface area (Å²) >= 11 is 0.999. The smallest absolute Gasteiger partial charge is 0.0717 e. The number of aryl methyl sites for hydroxylation is 1. The number of hydrogen-bond acceptors (Lipinski definition) is 4. The van der Waals surface area contributed by atoms with Gasteiger partial charge >= 0.3 is 0 Å². The van der Waals surface area contributed by atoms with Crippen LogP contribution in [-0.2, 0) is 15.8 Å². The second-order valence-corrected chi connectivity index (χ2v) is 2.93. The van der Waals surface area contributed by atoms with Gasteiger partial charge in [-0.15, -0.1) is 4.33 Å². The van der Waals surface area contributed by atoms with E-state index in [1.165, 1.54) is 5.56 Å². The lowest BCUT2D eigenvalue weighted by Crippen LogP contribution is -1.85. The van der Waals surface area contributed by atoms with E-state index >= 15 is 0 Å². The third kappa shape index (κ3) is 2.49. The molecule has 12 heavy (non-hydrogen) atoms. The van der Waals surface area contributed by atoms with Crippen LogP contribution in [0.4, 0.5) is 0 Å². The van der Waals surface area contributed by atoms with E-state index in [4.69, 9.17) is 5.26 Å². The zero-order chi connectivity index (χ0) is 8.81. The van der Waals surface area contributed by atoms with Gasteiger partial charge in [0.15, 0.2) is 0 Å². The first-order valence-electron chi connectivity index (χ1n) is 3.61. The fourth-order valence-corrected chi connectivity index (χ4v) is 1.49. The molecule has 3 nitrogen and oxygen atoms in total. The van der Waals surface area contributed by atoms with Crippen molar-refractivity contribution in [2.75, 3.05) is 0 Å². The molecule has 0 fully saturated rings. The van der Waals surface area contributed by atoms with Crippen molar-refractivity contribution in [1.29, 1.82) is 0 Å². The Bertz CT molecular complexity index is 239. The molecule has 1 N–H and O–H groups in total. The lowest BCUT2D eigenvalue weighted by molar-refractivity contribution is -0.432. The van der Waals surface area contributed by atoms with E-state index in [0.29, 0.717) is 0 Å². The number of benzene rings is 1. The van der Waals surface area contributed by atoms with Crippen molar-refractivity contribution in [3.05, 3.63) is 29.8 Å². The van der Waals surface area contributed by atoms with Gasteiger partial charge < -0.3 is 0 Å². The first kappa shape index (κ1) is 9.54. The maximum Gasteiger partial charge on any atom is 0.0717 e. The molecule has 0 unspecified atom stereocenters. The molecule has 1 rings (SSSR count). The van der Waals surface area contributed by atoms with Gasteiger partial charge in [-0.05, 0) is 18.1 Å². The van der Waals surface area contributed by atoms with Crippen molar-refractivity contribution >= 4 is 12.0 Å². The minimum Gasteiger partial charge on any atom is -0.220 e. The summed E-state index contributed by atoms with van der Waals surface area (Å²) in [5.41, 5.74) is 1.17. The molecule has 0 amide bonds. The predicted molar refractivity (Wildman–Crippen MR) is 46.5 cm³/mol. The van der Waals surface area contributed by atoms with Crippen molar-refractivity contribution in [1.82, 2.24) is 0 Å². The van der Waals surface area contributed by atoms with Crippen LogP contribution in [0.25, 0.3) is 0 Å². The molecule has 4 heteroatoms. The molecule has 0 aliphatic heterocycles. The molecule has 0 spiro atoms. The molecule has 0 aliphatic carbocycles. The highest BCUT2D eigenvalue weighted by atomic mass is 32.2. The normalized spacial score (nSPS) is 10.2. The van der Waals surface area contributed by atoms with Gasteiger partial charge in [-0.2, -0.15) is 0 Å². The van der Waals surface area contributed by atoms with Crippen LogP contribution >= 0.6 is 12.0 Å². The van der Waals surface area contributed by atoms with Gasteiger partial charge in [0.1, 0.15) is 0 Å². The van der Waals surface area contributed by atoms with E-state index in [2.05, 4.69) is 16.3 Å². The lowest BCUT2D eigenvalue weighted by Gasteiger charge is -2.02. The Hall–Kier alpha value is -0.550. The van der Waals surface area contributed by atoms with Crippen molar-refractivity contribution in [3.63, 3.8) is 0 Å². The summed E-state index contributed by atoms with van der Waals surface area (Å²) in [6.07, 6.45) is 0.929. The van der Waals surface area contributed by atoms with E-state index < -0.39 is 0 Å².